The van der Waals surface area contributed by atoms with Gasteiger partial charge in [-0.2, -0.15) is 0 Å². The molecule has 70 valence electrons. The van der Waals surface area contributed by atoms with Crippen LogP contribution in [0.4, 0.5) is 0 Å². The summed E-state index contributed by atoms with van der Waals surface area (Å²) in [6.07, 6.45) is 0. The first-order valence-corrected chi connectivity index (χ1v) is 4.37. The number of hydrogen-bond acceptors (Lipinski definition) is 3. The predicted octanol–water partition coefficient (Wildman–Crippen LogP) is -0.846. The van der Waals surface area contributed by atoms with Crippen LogP contribution in [0.1, 0.15) is 13.8 Å². The topological polar surface area (TPSA) is 58.4 Å². The summed E-state index contributed by atoms with van der Waals surface area (Å²) < 4.78 is 0. The second kappa shape index (κ2) is 3.87. The highest BCUT2D eigenvalue weighted by molar-refractivity contribution is 5.79. The van der Waals surface area contributed by atoms with Crippen LogP contribution in [0.5, 0.6) is 0 Å². The minimum Gasteiger partial charge on any atom is -0.350 e. The van der Waals surface area contributed by atoms with Crippen molar-refractivity contribution < 1.29 is 4.79 Å². The molecule has 0 saturated carbocycles. The molecule has 1 atom stereocenters. The molecule has 12 heavy (non-hydrogen) atoms. The van der Waals surface area contributed by atoms with Crippen molar-refractivity contribution in [2.24, 2.45) is 5.73 Å². The standard InChI is InChI=1S/C8H17N3O/c1-6(2)11-4-7(3-9)10-8(12)5-11/h6-7H,3-5,9H2,1-2H3,(H,10,12). The van der Waals surface area contributed by atoms with Gasteiger partial charge in [-0.1, -0.05) is 0 Å². The normalized spacial score (nSPS) is 26.0. The zero-order valence-electron chi connectivity index (χ0n) is 7.71. The number of hydrogen-bond donors (Lipinski definition) is 2. The molecule has 0 spiro atoms. The van der Waals surface area contributed by atoms with E-state index in [4.69, 9.17) is 5.73 Å². The van der Waals surface area contributed by atoms with Crippen LogP contribution in [-0.2, 0) is 4.79 Å². The van der Waals surface area contributed by atoms with Gasteiger partial charge in [0.05, 0.1) is 12.6 Å². The van der Waals surface area contributed by atoms with Gasteiger partial charge in [-0.15, -0.1) is 0 Å². The monoisotopic (exact) mass is 171 g/mol. The first-order valence-electron chi connectivity index (χ1n) is 4.37. The van der Waals surface area contributed by atoms with Crippen LogP contribution in [0.3, 0.4) is 0 Å². The molecule has 1 amide bonds. The van der Waals surface area contributed by atoms with Gasteiger partial charge in [-0.3, -0.25) is 9.69 Å². The summed E-state index contributed by atoms with van der Waals surface area (Å²) in [5.41, 5.74) is 5.49. The molecule has 1 aliphatic heterocycles. The summed E-state index contributed by atoms with van der Waals surface area (Å²) in [5.74, 6) is 0.0883. The van der Waals surface area contributed by atoms with Crippen LogP contribution in [-0.4, -0.2) is 42.5 Å². The second-order valence-electron chi connectivity index (χ2n) is 3.52. The lowest BCUT2D eigenvalue weighted by atomic mass is 10.1. The van der Waals surface area contributed by atoms with Gasteiger partial charge in [0.2, 0.25) is 5.91 Å². The first kappa shape index (κ1) is 9.48. The van der Waals surface area contributed by atoms with Crippen LogP contribution < -0.4 is 11.1 Å². The zero-order chi connectivity index (χ0) is 9.14. The summed E-state index contributed by atoms with van der Waals surface area (Å²) >= 11 is 0. The number of nitrogens with one attached hydrogen (secondary N) is 1. The molecule has 0 bridgehead atoms. The number of piperazine rings is 1. The number of nitrogens with two attached hydrogens (primary N) is 1. The van der Waals surface area contributed by atoms with E-state index in [0.29, 0.717) is 19.1 Å². The van der Waals surface area contributed by atoms with Crippen molar-refractivity contribution in [2.45, 2.75) is 25.9 Å². The molecule has 0 aliphatic carbocycles. The highest BCUT2D eigenvalue weighted by atomic mass is 16.2. The predicted molar refractivity (Wildman–Crippen MR) is 47.7 cm³/mol. The van der Waals surface area contributed by atoms with Crippen LogP contribution in [0.15, 0.2) is 0 Å². The summed E-state index contributed by atoms with van der Waals surface area (Å²) in [6.45, 7) is 6.08. The van der Waals surface area contributed by atoms with Gasteiger partial charge in [-0.05, 0) is 13.8 Å². The van der Waals surface area contributed by atoms with Gasteiger partial charge in [0.25, 0.3) is 0 Å². The number of nitrogens with zero attached hydrogens (tertiary/aromatic N) is 1. The van der Waals surface area contributed by atoms with E-state index in [1.54, 1.807) is 0 Å². The molecule has 4 nitrogen and oxygen atoms in total. The molecule has 1 rings (SSSR count). The molecule has 1 heterocycles. The lowest BCUT2D eigenvalue weighted by Crippen LogP contribution is -2.58. The smallest absolute Gasteiger partial charge is 0.234 e. The molecule has 1 saturated heterocycles. The molecular formula is C8H17N3O. The maximum absolute atomic E-state index is 11.1. The van der Waals surface area contributed by atoms with Crippen LogP contribution >= 0.6 is 0 Å². The van der Waals surface area contributed by atoms with Crippen molar-refractivity contribution >= 4 is 5.91 Å². The van der Waals surface area contributed by atoms with E-state index in [2.05, 4.69) is 24.1 Å². The van der Waals surface area contributed by atoms with Gasteiger partial charge in [0, 0.05) is 19.1 Å². The average Bonchev–Trinajstić information content (AvgIpc) is 2.03. The first-order chi connectivity index (χ1) is 5.63. The summed E-state index contributed by atoms with van der Waals surface area (Å²) in [6, 6.07) is 0.554. The number of amides is 1. The van der Waals surface area contributed by atoms with E-state index >= 15 is 0 Å². The molecule has 1 aliphatic rings. The maximum Gasteiger partial charge on any atom is 0.234 e. The SMILES string of the molecule is CC(C)N1CC(=O)NC(CN)C1. The van der Waals surface area contributed by atoms with E-state index in [9.17, 15) is 4.79 Å². The Morgan fingerprint density at radius 1 is 1.75 bits per heavy atom. The second-order valence-corrected chi connectivity index (χ2v) is 3.52. The quantitative estimate of drug-likeness (QED) is 0.569. The molecule has 1 fully saturated rings. The third kappa shape index (κ3) is 2.19. The van der Waals surface area contributed by atoms with Crippen molar-refractivity contribution in [3.05, 3.63) is 0 Å². The van der Waals surface area contributed by atoms with Gasteiger partial charge in [0.1, 0.15) is 0 Å². The largest absolute Gasteiger partial charge is 0.350 e. The van der Waals surface area contributed by atoms with E-state index in [1.165, 1.54) is 0 Å². The van der Waals surface area contributed by atoms with Crippen LogP contribution in [0.2, 0.25) is 0 Å². The fourth-order valence-corrected chi connectivity index (χ4v) is 1.38. The van der Waals surface area contributed by atoms with Gasteiger partial charge in [-0.25, -0.2) is 0 Å². The van der Waals surface area contributed by atoms with E-state index in [1.807, 2.05) is 0 Å². The Morgan fingerprint density at radius 3 is 2.92 bits per heavy atom. The molecule has 0 aromatic heterocycles. The number of carbonyl (C=O) groups is 1. The van der Waals surface area contributed by atoms with E-state index in [0.717, 1.165) is 6.54 Å². The van der Waals surface area contributed by atoms with Crippen molar-refractivity contribution in [1.82, 2.24) is 10.2 Å². The molecule has 4 heteroatoms. The van der Waals surface area contributed by atoms with Crippen molar-refractivity contribution in [3.63, 3.8) is 0 Å². The number of rotatable bonds is 2. The molecule has 1 unspecified atom stereocenters. The zero-order valence-corrected chi connectivity index (χ0v) is 7.71. The molecular weight excluding hydrogens is 154 g/mol. The molecule has 0 radical (unpaired) electrons. The van der Waals surface area contributed by atoms with Gasteiger partial charge < -0.3 is 11.1 Å². The minimum absolute atomic E-state index is 0.0883. The van der Waals surface area contributed by atoms with Crippen LogP contribution in [0.25, 0.3) is 0 Å². The van der Waals surface area contributed by atoms with Crippen molar-refractivity contribution in [3.8, 4) is 0 Å². The summed E-state index contributed by atoms with van der Waals surface area (Å²) in [5, 5.41) is 2.85. The third-order valence-corrected chi connectivity index (χ3v) is 2.18. The Morgan fingerprint density at radius 2 is 2.42 bits per heavy atom. The van der Waals surface area contributed by atoms with E-state index < -0.39 is 0 Å². The molecule has 0 aromatic carbocycles. The van der Waals surface area contributed by atoms with Crippen molar-refractivity contribution in [1.29, 1.82) is 0 Å². The third-order valence-electron chi connectivity index (χ3n) is 2.18. The van der Waals surface area contributed by atoms with Gasteiger partial charge in [0.15, 0.2) is 0 Å². The molecule has 3 N–H and O–H groups in total. The Balaban J connectivity index is 2.51. The van der Waals surface area contributed by atoms with Crippen molar-refractivity contribution in [2.75, 3.05) is 19.6 Å². The van der Waals surface area contributed by atoms with Crippen LogP contribution in [0, 0.1) is 0 Å². The highest BCUT2D eigenvalue weighted by Crippen LogP contribution is 2.03. The average molecular weight is 171 g/mol. The minimum atomic E-state index is 0.0883. The number of carbonyl (C=O) groups excluding carboxylic acids is 1. The highest BCUT2D eigenvalue weighted by Gasteiger charge is 2.24. The van der Waals surface area contributed by atoms with Gasteiger partial charge >= 0.3 is 0 Å². The summed E-state index contributed by atoms with van der Waals surface area (Å²) in [4.78, 5) is 13.3. The Kier molecular flexibility index (Phi) is 3.05. The maximum atomic E-state index is 11.1. The lowest BCUT2D eigenvalue weighted by molar-refractivity contribution is -0.126. The Bertz CT molecular complexity index is 170. The summed E-state index contributed by atoms with van der Waals surface area (Å²) in [7, 11) is 0. The Labute approximate surface area is 73.1 Å². The molecule has 0 aromatic rings. The Hall–Kier alpha value is -0.610. The van der Waals surface area contributed by atoms with E-state index in [-0.39, 0.29) is 11.9 Å². The lowest BCUT2D eigenvalue weighted by Gasteiger charge is -2.34. The fraction of sp³-hybridized carbons (Fsp3) is 0.875. The fourth-order valence-electron chi connectivity index (χ4n) is 1.38.